The Labute approximate surface area is 144 Å². The lowest BCUT2D eigenvalue weighted by atomic mass is 9.95. The van der Waals surface area contributed by atoms with Gasteiger partial charge in [-0.15, -0.1) is 0 Å². The molecule has 0 spiro atoms. The molecular formula is C15H20ClN4O4+. The molecule has 9 heteroatoms. The van der Waals surface area contributed by atoms with Crippen LogP contribution < -0.4 is 16.0 Å². The van der Waals surface area contributed by atoms with E-state index in [1.165, 1.54) is 18.2 Å². The number of primary amides is 1. The van der Waals surface area contributed by atoms with Gasteiger partial charge in [0.2, 0.25) is 5.91 Å². The third-order valence-electron chi connectivity index (χ3n) is 4.45. The minimum absolute atomic E-state index is 0.129. The van der Waals surface area contributed by atoms with Crippen molar-refractivity contribution in [1.82, 2.24) is 0 Å². The zero-order valence-electron chi connectivity index (χ0n) is 13.3. The molecule has 0 radical (unpaired) electrons. The Kier molecular flexibility index (Phi) is 5.74. The molecule has 1 aliphatic rings. The molecule has 0 aromatic heterocycles. The van der Waals surface area contributed by atoms with Crippen molar-refractivity contribution in [3.05, 3.63) is 33.3 Å². The number of rotatable bonds is 5. The standard InChI is InChI=1S/C15H19ClN4O4/c1-9(19-6-4-10(5-7-19)14(17)21)15(22)18-13-8-11(20(23)24)2-3-12(13)16/h2-3,8-10H,4-7H2,1H3,(H2,17,21)(H,18,22)/p+1/t9-/m1/s1. The molecule has 1 aromatic rings. The van der Waals surface area contributed by atoms with Gasteiger partial charge in [0, 0.05) is 30.9 Å². The highest BCUT2D eigenvalue weighted by Gasteiger charge is 2.32. The average molecular weight is 356 g/mol. The molecule has 0 unspecified atom stereocenters. The number of nitro groups is 1. The zero-order valence-corrected chi connectivity index (χ0v) is 14.0. The van der Waals surface area contributed by atoms with Crippen LogP contribution in [0.15, 0.2) is 18.2 Å². The number of anilines is 1. The summed E-state index contributed by atoms with van der Waals surface area (Å²) < 4.78 is 0. The van der Waals surface area contributed by atoms with Crippen molar-refractivity contribution < 1.29 is 19.4 Å². The second-order valence-corrected chi connectivity index (χ2v) is 6.37. The molecule has 1 aliphatic heterocycles. The zero-order chi connectivity index (χ0) is 17.9. The van der Waals surface area contributed by atoms with Gasteiger partial charge >= 0.3 is 0 Å². The average Bonchev–Trinajstić information content (AvgIpc) is 2.55. The maximum Gasteiger partial charge on any atom is 0.282 e. The van der Waals surface area contributed by atoms with Crippen molar-refractivity contribution in [2.24, 2.45) is 11.7 Å². The number of hydrogen-bond acceptors (Lipinski definition) is 4. The van der Waals surface area contributed by atoms with E-state index in [1.807, 2.05) is 0 Å². The van der Waals surface area contributed by atoms with Crippen molar-refractivity contribution in [1.29, 1.82) is 0 Å². The third-order valence-corrected chi connectivity index (χ3v) is 4.78. The third kappa shape index (κ3) is 4.21. The van der Waals surface area contributed by atoms with Gasteiger partial charge in [-0.2, -0.15) is 0 Å². The van der Waals surface area contributed by atoms with Gasteiger partial charge in [-0.25, -0.2) is 0 Å². The molecule has 0 aliphatic carbocycles. The van der Waals surface area contributed by atoms with Gasteiger partial charge in [0.1, 0.15) is 0 Å². The molecular weight excluding hydrogens is 336 g/mol. The molecule has 1 aromatic carbocycles. The molecule has 1 saturated heterocycles. The van der Waals surface area contributed by atoms with Gasteiger partial charge in [0.15, 0.2) is 6.04 Å². The summed E-state index contributed by atoms with van der Waals surface area (Å²) in [4.78, 5) is 34.9. The van der Waals surface area contributed by atoms with Crippen LogP contribution in [-0.4, -0.2) is 35.9 Å². The predicted molar refractivity (Wildman–Crippen MR) is 88.8 cm³/mol. The van der Waals surface area contributed by atoms with Crippen LogP contribution in [0.5, 0.6) is 0 Å². The minimum Gasteiger partial charge on any atom is -0.369 e. The monoisotopic (exact) mass is 355 g/mol. The SMILES string of the molecule is C[C@H](C(=O)Nc1cc([N+](=O)[O-])ccc1Cl)[NH+]1CCC(C(N)=O)CC1. The number of nitrogens with one attached hydrogen (secondary N) is 2. The largest absolute Gasteiger partial charge is 0.369 e. The first-order valence-electron chi connectivity index (χ1n) is 7.68. The number of likely N-dealkylation sites (tertiary alicyclic amines) is 1. The summed E-state index contributed by atoms with van der Waals surface area (Å²) in [5.74, 6) is -0.699. The quantitative estimate of drug-likeness (QED) is 0.521. The van der Waals surface area contributed by atoms with Crippen molar-refractivity contribution in [2.75, 3.05) is 18.4 Å². The number of nitrogens with two attached hydrogens (primary N) is 1. The molecule has 2 rings (SSSR count). The molecule has 1 heterocycles. The van der Waals surface area contributed by atoms with Crippen molar-refractivity contribution >= 4 is 34.8 Å². The first kappa shape index (κ1) is 18.2. The highest BCUT2D eigenvalue weighted by molar-refractivity contribution is 6.33. The number of non-ortho nitro benzene ring substituents is 1. The lowest BCUT2D eigenvalue weighted by molar-refractivity contribution is -0.919. The van der Waals surface area contributed by atoms with Crippen LogP contribution in [0.1, 0.15) is 19.8 Å². The Morgan fingerprint density at radius 1 is 1.42 bits per heavy atom. The van der Waals surface area contributed by atoms with Gasteiger partial charge < -0.3 is 16.0 Å². The van der Waals surface area contributed by atoms with E-state index in [2.05, 4.69) is 5.32 Å². The Bertz CT molecular complexity index is 659. The minimum atomic E-state index is -0.546. The lowest BCUT2D eigenvalue weighted by Crippen LogP contribution is -3.17. The number of halogens is 1. The second kappa shape index (κ2) is 7.59. The Morgan fingerprint density at radius 2 is 2.04 bits per heavy atom. The first-order valence-corrected chi connectivity index (χ1v) is 8.06. The molecule has 8 nitrogen and oxygen atoms in total. The number of quaternary nitrogens is 1. The van der Waals surface area contributed by atoms with E-state index >= 15 is 0 Å². The van der Waals surface area contributed by atoms with E-state index in [0.29, 0.717) is 25.9 Å². The number of nitrogens with zero attached hydrogens (tertiary/aromatic N) is 1. The lowest BCUT2D eigenvalue weighted by Gasteiger charge is -2.31. The van der Waals surface area contributed by atoms with E-state index < -0.39 is 4.92 Å². The number of benzene rings is 1. The smallest absolute Gasteiger partial charge is 0.282 e. The van der Waals surface area contributed by atoms with Crippen LogP contribution >= 0.6 is 11.6 Å². The van der Waals surface area contributed by atoms with Crippen LogP contribution in [0.4, 0.5) is 11.4 Å². The Hall–Kier alpha value is -2.19. The predicted octanol–water partition coefficient (Wildman–Crippen LogP) is 0.355. The van der Waals surface area contributed by atoms with E-state index in [0.717, 1.165) is 4.90 Å². The maximum absolute atomic E-state index is 12.4. The highest BCUT2D eigenvalue weighted by Crippen LogP contribution is 2.26. The van der Waals surface area contributed by atoms with Gasteiger partial charge in [-0.05, 0) is 13.0 Å². The Balaban J connectivity index is 2.01. The van der Waals surface area contributed by atoms with Crippen molar-refractivity contribution in [3.63, 3.8) is 0 Å². The van der Waals surface area contributed by atoms with Crippen molar-refractivity contribution in [3.8, 4) is 0 Å². The summed E-state index contributed by atoms with van der Waals surface area (Å²) in [5, 5.41) is 13.7. The van der Waals surface area contributed by atoms with Crippen LogP contribution in [0.3, 0.4) is 0 Å². The molecule has 1 atom stereocenters. The summed E-state index contributed by atoms with van der Waals surface area (Å²) in [7, 11) is 0. The molecule has 2 amide bonds. The number of nitro benzene ring substituents is 1. The fraction of sp³-hybridized carbons (Fsp3) is 0.467. The van der Waals surface area contributed by atoms with E-state index in [1.54, 1.807) is 6.92 Å². The summed E-state index contributed by atoms with van der Waals surface area (Å²) in [6.45, 7) is 3.12. The number of carbonyl (C=O) groups excluding carboxylic acids is 2. The topological polar surface area (TPSA) is 120 Å². The number of carbonyl (C=O) groups is 2. The van der Waals surface area contributed by atoms with E-state index in [4.69, 9.17) is 17.3 Å². The number of piperidine rings is 1. The number of hydrogen-bond donors (Lipinski definition) is 3. The summed E-state index contributed by atoms with van der Waals surface area (Å²) in [5.41, 5.74) is 5.38. The molecule has 0 bridgehead atoms. The fourth-order valence-corrected chi connectivity index (χ4v) is 3.02. The molecule has 24 heavy (non-hydrogen) atoms. The van der Waals surface area contributed by atoms with E-state index in [-0.39, 0.29) is 40.2 Å². The second-order valence-electron chi connectivity index (χ2n) is 5.97. The first-order chi connectivity index (χ1) is 11.3. The molecule has 1 fully saturated rings. The summed E-state index contributed by atoms with van der Waals surface area (Å²) in [6.07, 6.45) is 1.31. The summed E-state index contributed by atoms with van der Waals surface area (Å²) in [6, 6.07) is 3.53. The molecule has 130 valence electrons. The maximum atomic E-state index is 12.4. The van der Waals surface area contributed by atoms with E-state index in [9.17, 15) is 19.7 Å². The van der Waals surface area contributed by atoms with Gasteiger partial charge in [-0.1, -0.05) is 11.6 Å². The van der Waals surface area contributed by atoms with Crippen LogP contribution in [0, 0.1) is 16.0 Å². The fourth-order valence-electron chi connectivity index (χ4n) is 2.86. The highest BCUT2D eigenvalue weighted by atomic mass is 35.5. The normalized spacial score (nSPS) is 21.8. The van der Waals surface area contributed by atoms with Crippen LogP contribution in [0.25, 0.3) is 0 Å². The Morgan fingerprint density at radius 3 is 2.58 bits per heavy atom. The van der Waals surface area contributed by atoms with Gasteiger partial charge in [0.25, 0.3) is 11.6 Å². The summed E-state index contributed by atoms with van der Waals surface area (Å²) >= 11 is 5.99. The van der Waals surface area contributed by atoms with Crippen LogP contribution in [-0.2, 0) is 9.59 Å². The molecule has 4 N–H and O–H groups in total. The van der Waals surface area contributed by atoms with Gasteiger partial charge in [-0.3, -0.25) is 19.7 Å². The van der Waals surface area contributed by atoms with Crippen molar-refractivity contribution in [2.45, 2.75) is 25.8 Å². The number of amides is 2. The molecule has 0 saturated carbocycles. The van der Waals surface area contributed by atoms with Crippen LogP contribution in [0.2, 0.25) is 5.02 Å². The van der Waals surface area contributed by atoms with Gasteiger partial charge in [0.05, 0.1) is 28.7 Å².